The van der Waals surface area contributed by atoms with Crippen molar-refractivity contribution in [2.45, 2.75) is 26.4 Å². The molecular weight excluding hydrogens is 384 g/mol. The molecule has 0 atom stereocenters. The van der Waals surface area contributed by atoms with Crippen LogP contribution in [0.15, 0.2) is 47.1 Å². The number of carbonyl (C=O) groups excluding carboxylic acids is 1. The largest absolute Gasteiger partial charge is 0.452 e. The lowest BCUT2D eigenvalue weighted by Gasteiger charge is -2.27. The molecule has 2 aromatic heterocycles. The molecular formula is C22H24N4O4. The Bertz CT molecular complexity index is 977. The second-order valence-corrected chi connectivity index (χ2v) is 7.37. The van der Waals surface area contributed by atoms with Gasteiger partial charge in [0.15, 0.2) is 6.61 Å². The van der Waals surface area contributed by atoms with Gasteiger partial charge in [-0.1, -0.05) is 43.3 Å². The Labute approximate surface area is 174 Å². The molecule has 0 bridgehead atoms. The molecule has 8 heteroatoms. The van der Waals surface area contributed by atoms with Crippen LogP contribution in [0.3, 0.4) is 0 Å². The van der Waals surface area contributed by atoms with Gasteiger partial charge in [0.1, 0.15) is 5.82 Å². The van der Waals surface area contributed by atoms with E-state index in [9.17, 15) is 4.79 Å². The summed E-state index contributed by atoms with van der Waals surface area (Å²) in [4.78, 5) is 23.1. The minimum absolute atomic E-state index is 0.0961. The third-order valence-corrected chi connectivity index (χ3v) is 4.95. The van der Waals surface area contributed by atoms with Crippen LogP contribution in [0.5, 0.6) is 0 Å². The summed E-state index contributed by atoms with van der Waals surface area (Å²) in [5.41, 5.74) is 2.46. The average Bonchev–Trinajstić information content (AvgIpc) is 3.27. The number of hydrogen-bond donors (Lipinski definition) is 0. The minimum atomic E-state index is -0.489. The number of pyridine rings is 1. The highest BCUT2D eigenvalue weighted by Crippen LogP contribution is 2.21. The van der Waals surface area contributed by atoms with Gasteiger partial charge in [0.25, 0.3) is 5.89 Å². The van der Waals surface area contributed by atoms with Gasteiger partial charge in [-0.2, -0.15) is 4.98 Å². The molecule has 0 aliphatic carbocycles. The summed E-state index contributed by atoms with van der Waals surface area (Å²) >= 11 is 0. The molecule has 1 fully saturated rings. The van der Waals surface area contributed by atoms with E-state index in [1.54, 1.807) is 6.07 Å². The van der Waals surface area contributed by atoms with Crippen LogP contribution in [0.4, 0.5) is 5.82 Å². The molecule has 3 heterocycles. The molecule has 0 amide bonds. The molecule has 1 saturated heterocycles. The number of nitrogens with zero attached hydrogens (tertiary/aromatic N) is 4. The number of morpholine rings is 1. The van der Waals surface area contributed by atoms with E-state index in [0.717, 1.165) is 24.5 Å². The summed E-state index contributed by atoms with van der Waals surface area (Å²) in [6.45, 7) is 7.12. The lowest BCUT2D eigenvalue weighted by molar-refractivity contribution is 0.0429. The maximum atomic E-state index is 12.3. The highest BCUT2D eigenvalue weighted by atomic mass is 16.6. The maximum absolute atomic E-state index is 12.3. The van der Waals surface area contributed by atoms with Crippen LogP contribution in [-0.4, -0.2) is 47.4 Å². The van der Waals surface area contributed by atoms with Gasteiger partial charge in [-0.25, -0.2) is 9.78 Å². The number of benzene rings is 1. The highest BCUT2D eigenvalue weighted by molar-refractivity contribution is 5.89. The lowest BCUT2D eigenvalue weighted by Crippen LogP contribution is -2.36. The molecule has 3 aromatic rings. The van der Waals surface area contributed by atoms with Gasteiger partial charge in [0.2, 0.25) is 5.82 Å². The molecule has 0 spiro atoms. The highest BCUT2D eigenvalue weighted by Gasteiger charge is 2.16. The Balaban J connectivity index is 1.34. The van der Waals surface area contributed by atoms with Crippen LogP contribution in [0.1, 0.15) is 41.6 Å². The van der Waals surface area contributed by atoms with Crippen molar-refractivity contribution >= 4 is 11.8 Å². The van der Waals surface area contributed by atoms with Crippen molar-refractivity contribution in [3.05, 3.63) is 59.6 Å². The predicted molar refractivity (Wildman–Crippen MR) is 110 cm³/mol. The van der Waals surface area contributed by atoms with E-state index in [1.807, 2.05) is 30.3 Å². The molecule has 30 heavy (non-hydrogen) atoms. The molecule has 1 aliphatic rings. The van der Waals surface area contributed by atoms with E-state index in [1.165, 1.54) is 11.8 Å². The summed E-state index contributed by atoms with van der Waals surface area (Å²) in [5, 5.41) is 3.97. The van der Waals surface area contributed by atoms with Crippen LogP contribution in [0, 0.1) is 0 Å². The van der Waals surface area contributed by atoms with Crippen molar-refractivity contribution in [1.82, 2.24) is 15.1 Å². The van der Waals surface area contributed by atoms with Crippen molar-refractivity contribution in [1.29, 1.82) is 0 Å². The summed E-state index contributed by atoms with van der Waals surface area (Å²) in [6.07, 6.45) is 1.52. The first-order valence-corrected chi connectivity index (χ1v) is 9.99. The third kappa shape index (κ3) is 4.65. The van der Waals surface area contributed by atoms with Crippen LogP contribution < -0.4 is 4.90 Å². The molecule has 156 valence electrons. The summed E-state index contributed by atoms with van der Waals surface area (Å²) in [7, 11) is 0. The van der Waals surface area contributed by atoms with Crippen LogP contribution in [0.25, 0.3) is 11.4 Å². The van der Waals surface area contributed by atoms with Gasteiger partial charge < -0.3 is 18.9 Å². The molecule has 1 aliphatic heterocycles. The number of carbonyl (C=O) groups is 1. The summed E-state index contributed by atoms with van der Waals surface area (Å²) < 4.78 is 15.8. The monoisotopic (exact) mass is 408 g/mol. The fourth-order valence-electron chi connectivity index (χ4n) is 3.14. The van der Waals surface area contributed by atoms with Crippen LogP contribution >= 0.6 is 0 Å². The fraction of sp³-hybridized carbons (Fsp3) is 0.364. The quantitative estimate of drug-likeness (QED) is 0.573. The predicted octanol–water partition coefficient (Wildman–Crippen LogP) is 3.45. The molecule has 0 saturated carbocycles. The van der Waals surface area contributed by atoms with Crippen LogP contribution in [0.2, 0.25) is 0 Å². The maximum Gasteiger partial charge on any atom is 0.340 e. The van der Waals surface area contributed by atoms with Crippen molar-refractivity contribution in [2.75, 3.05) is 31.2 Å². The average molecular weight is 408 g/mol. The normalized spacial score (nSPS) is 14.2. The first kappa shape index (κ1) is 20.0. The number of anilines is 1. The first-order valence-electron chi connectivity index (χ1n) is 9.99. The lowest BCUT2D eigenvalue weighted by atomic mass is 10.0. The number of ether oxygens (including phenoxy) is 2. The van der Waals surface area contributed by atoms with Gasteiger partial charge >= 0.3 is 5.97 Å². The SMILES string of the molecule is CC(C)c1ccc(-c2noc(COC(=O)c3ccc(N4CCOCC4)nc3)n2)cc1. The summed E-state index contributed by atoms with van der Waals surface area (Å²) in [6, 6.07) is 11.5. The second kappa shape index (κ2) is 9.04. The Kier molecular flexibility index (Phi) is 6.04. The van der Waals surface area contributed by atoms with Crippen molar-refractivity contribution in [3.63, 3.8) is 0 Å². The van der Waals surface area contributed by atoms with E-state index in [2.05, 4.69) is 33.9 Å². The standard InChI is InChI=1S/C22H24N4O4/c1-15(2)16-3-5-17(6-4-16)21-24-20(30-25-21)14-29-22(27)18-7-8-19(23-13-18)26-9-11-28-12-10-26/h3-8,13,15H,9-12,14H2,1-2H3. The fourth-order valence-corrected chi connectivity index (χ4v) is 3.14. The van der Waals surface area contributed by atoms with Gasteiger partial charge in [0, 0.05) is 24.8 Å². The van der Waals surface area contributed by atoms with Gasteiger partial charge in [-0.05, 0) is 23.6 Å². The molecule has 8 nitrogen and oxygen atoms in total. The number of rotatable bonds is 6. The minimum Gasteiger partial charge on any atom is -0.452 e. The summed E-state index contributed by atoms with van der Waals surface area (Å²) in [5.74, 6) is 1.49. The van der Waals surface area contributed by atoms with E-state index >= 15 is 0 Å². The first-order chi connectivity index (χ1) is 14.6. The number of hydrogen-bond acceptors (Lipinski definition) is 8. The van der Waals surface area contributed by atoms with Gasteiger partial charge in [0.05, 0.1) is 18.8 Å². The van der Waals surface area contributed by atoms with Crippen molar-refractivity contribution in [2.24, 2.45) is 0 Å². The van der Waals surface area contributed by atoms with E-state index in [4.69, 9.17) is 14.0 Å². The topological polar surface area (TPSA) is 90.6 Å². The third-order valence-electron chi connectivity index (χ3n) is 4.95. The Morgan fingerprint density at radius 3 is 2.57 bits per heavy atom. The van der Waals surface area contributed by atoms with Crippen molar-refractivity contribution < 1.29 is 18.8 Å². The van der Waals surface area contributed by atoms with E-state index in [-0.39, 0.29) is 12.5 Å². The number of aromatic nitrogens is 3. The molecule has 0 unspecified atom stereocenters. The van der Waals surface area contributed by atoms with Crippen molar-refractivity contribution in [3.8, 4) is 11.4 Å². The van der Waals surface area contributed by atoms with E-state index < -0.39 is 5.97 Å². The molecule has 0 N–H and O–H groups in total. The smallest absolute Gasteiger partial charge is 0.340 e. The number of esters is 1. The van der Waals surface area contributed by atoms with E-state index in [0.29, 0.717) is 30.5 Å². The Hall–Kier alpha value is -3.26. The van der Waals surface area contributed by atoms with Gasteiger partial charge in [-0.15, -0.1) is 0 Å². The zero-order valence-electron chi connectivity index (χ0n) is 17.1. The Morgan fingerprint density at radius 2 is 1.90 bits per heavy atom. The molecule has 0 radical (unpaired) electrons. The molecule has 1 aromatic carbocycles. The van der Waals surface area contributed by atoms with Crippen LogP contribution in [-0.2, 0) is 16.1 Å². The Morgan fingerprint density at radius 1 is 1.13 bits per heavy atom. The second-order valence-electron chi connectivity index (χ2n) is 7.37. The molecule has 4 rings (SSSR count). The zero-order valence-corrected chi connectivity index (χ0v) is 17.1. The van der Waals surface area contributed by atoms with Gasteiger partial charge in [-0.3, -0.25) is 0 Å². The zero-order chi connectivity index (χ0) is 20.9.